The van der Waals surface area contributed by atoms with E-state index in [1.165, 1.54) is 6.07 Å². The second-order valence-corrected chi connectivity index (χ2v) is 7.07. The fourth-order valence-electron chi connectivity index (χ4n) is 2.92. The smallest absolute Gasteiger partial charge is 0.438 e. The maximum Gasteiger partial charge on any atom is 0.574 e. The number of aromatic nitrogens is 4. The molecular weight excluding hydrogens is 433 g/mol. The van der Waals surface area contributed by atoms with Gasteiger partial charge in [-0.3, -0.25) is 0 Å². The zero-order valence-corrected chi connectivity index (χ0v) is 17.7. The van der Waals surface area contributed by atoms with Crippen LogP contribution in [-0.4, -0.2) is 26.5 Å². The predicted molar refractivity (Wildman–Crippen MR) is 108 cm³/mol. The Hall–Kier alpha value is -2.94. The Morgan fingerprint density at radius 1 is 0.903 bits per heavy atom. The van der Waals surface area contributed by atoms with Gasteiger partial charge in [-0.1, -0.05) is 30.7 Å². The van der Waals surface area contributed by atoms with Crippen molar-refractivity contribution >= 4 is 11.6 Å². The quantitative estimate of drug-likeness (QED) is 0.439. The summed E-state index contributed by atoms with van der Waals surface area (Å²) in [5, 5.41) is 7.55. The Balaban J connectivity index is 1.53. The first-order valence-corrected chi connectivity index (χ1v) is 9.99. The number of ether oxygens (including phenoxy) is 2. The van der Waals surface area contributed by atoms with Crippen LogP contribution in [0, 0.1) is 6.92 Å². The molecule has 0 atom stereocenters. The van der Waals surface area contributed by atoms with E-state index in [9.17, 15) is 13.2 Å². The molecule has 0 N–H and O–H groups in total. The lowest BCUT2D eigenvalue weighted by Crippen LogP contribution is -2.18. The standard InChI is InChI=1S/C21H20ClF3N4O2/c1-3-16-20(22)17(27-13(2)26-16)6-4-5-14-7-9-15(10-8-14)30-18-11-12-19(29-28-18)31-21(23,24)25/h7-12H,3-6H2,1-2H3. The maximum atomic E-state index is 12.1. The summed E-state index contributed by atoms with van der Waals surface area (Å²) in [5.41, 5.74) is 2.83. The fraction of sp³-hybridized carbons (Fsp3) is 0.333. The lowest BCUT2D eigenvalue weighted by molar-refractivity contribution is -0.276. The zero-order valence-electron chi connectivity index (χ0n) is 16.9. The molecule has 0 bridgehead atoms. The Kier molecular flexibility index (Phi) is 7.27. The van der Waals surface area contributed by atoms with Crippen molar-refractivity contribution in [1.29, 1.82) is 0 Å². The van der Waals surface area contributed by atoms with Crippen molar-refractivity contribution in [3.05, 3.63) is 64.2 Å². The number of aryl methyl sites for hydroxylation is 4. The average molecular weight is 453 g/mol. The van der Waals surface area contributed by atoms with Gasteiger partial charge in [0.25, 0.3) is 0 Å². The topological polar surface area (TPSA) is 70.0 Å². The number of benzene rings is 1. The van der Waals surface area contributed by atoms with Crippen molar-refractivity contribution in [1.82, 2.24) is 20.2 Å². The second-order valence-electron chi connectivity index (χ2n) is 6.69. The first-order chi connectivity index (χ1) is 14.7. The predicted octanol–water partition coefficient (Wildman–Crippen LogP) is 5.66. The number of halogens is 4. The third-order valence-corrected chi connectivity index (χ3v) is 4.73. The Morgan fingerprint density at radius 3 is 2.16 bits per heavy atom. The second kappa shape index (κ2) is 9.91. The van der Waals surface area contributed by atoms with Gasteiger partial charge in [0, 0.05) is 12.1 Å². The van der Waals surface area contributed by atoms with Crippen LogP contribution in [0.15, 0.2) is 36.4 Å². The van der Waals surface area contributed by atoms with Crippen LogP contribution in [-0.2, 0) is 19.3 Å². The highest BCUT2D eigenvalue weighted by molar-refractivity contribution is 6.31. The van der Waals surface area contributed by atoms with Crippen LogP contribution in [0.25, 0.3) is 0 Å². The molecule has 0 fully saturated rings. The summed E-state index contributed by atoms with van der Waals surface area (Å²) < 4.78 is 45.6. The first kappa shape index (κ1) is 22.7. The minimum atomic E-state index is -4.82. The fourth-order valence-corrected chi connectivity index (χ4v) is 3.23. The molecule has 0 saturated carbocycles. The van der Waals surface area contributed by atoms with Gasteiger partial charge in [0.15, 0.2) is 0 Å². The lowest BCUT2D eigenvalue weighted by Gasteiger charge is -2.09. The van der Waals surface area contributed by atoms with Gasteiger partial charge in [0.05, 0.1) is 16.4 Å². The summed E-state index contributed by atoms with van der Waals surface area (Å²) in [6, 6.07) is 9.62. The molecule has 0 aliphatic rings. The van der Waals surface area contributed by atoms with Crippen LogP contribution in [0.1, 0.15) is 36.1 Å². The normalized spacial score (nSPS) is 11.4. The minimum Gasteiger partial charge on any atom is -0.438 e. The molecule has 10 heteroatoms. The molecule has 3 aromatic rings. The summed E-state index contributed by atoms with van der Waals surface area (Å²) in [7, 11) is 0. The molecule has 0 aliphatic heterocycles. The average Bonchev–Trinajstić information content (AvgIpc) is 2.72. The van der Waals surface area contributed by atoms with Crippen LogP contribution in [0.5, 0.6) is 17.5 Å². The Labute approximate surface area is 182 Å². The molecule has 0 aliphatic carbocycles. The van der Waals surface area contributed by atoms with Gasteiger partial charge in [-0.25, -0.2) is 9.97 Å². The van der Waals surface area contributed by atoms with E-state index in [-0.39, 0.29) is 5.88 Å². The van der Waals surface area contributed by atoms with Gasteiger partial charge in [-0.15, -0.1) is 23.4 Å². The lowest BCUT2D eigenvalue weighted by atomic mass is 10.1. The van der Waals surface area contributed by atoms with Crippen molar-refractivity contribution in [2.24, 2.45) is 0 Å². The molecule has 164 valence electrons. The summed E-state index contributed by atoms with van der Waals surface area (Å²) in [6.45, 7) is 3.87. The van der Waals surface area contributed by atoms with Crippen molar-refractivity contribution < 1.29 is 22.6 Å². The van der Waals surface area contributed by atoms with E-state index in [1.54, 1.807) is 12.1 Å². The summed E-state index contributed by atoms with van der Waals surface area (Å²) in [6.07, 6.45) is -1.62. The van der Waals surface area contributed by atoms with Crippen LogP contribution >= 0.6 is 11.6 Å². The van der Waals surface area contributed by atoms with Crippen molar-refractivity contribution in [3.8, 4) is 17.5 Å². The van der Waals surface area contributed by atoms with E-state index >= 15 is 0 Å². The highest BCUT2D eigenvalue weighted by Gasteiger charge is 2.31. The third kappa shape index (κ3) is 6.78. The maximum absolute atomic E-state index is 12.1. The van der Waals surface area contributed by atoms with Gasteiger partial charge in [0.1, 0.15) is 11.6 Å². The van der Waals surface area contributed by atoms with E-state index in [4.69, 9.17) is 16.3 Å². The molecule has 0 amide bonds. The van der Waals surface area contributed by atoms with E-state index in [0.717, 1.165) is 54.5 Å². The van der Waals surface area contributed by atoms with Gasteiger partial charge in [-0.05, 0) is 50.3 Å². The van der Waals surface area contributed by atoms with E-state index in [1.807, 2.05) is 26.0 Å². The van der Waals surface area contributed by atoms with Gasteiger partial charge < -0.3 is 9.47 Å². The molecule has 0 radical (unpaired) electrons. The summed E-state index contributed by atoms with van der Waals surface area (Å²) in [4.78, 5) is 8.81. The first-order valence-electron chi connectivity index (χ1n) is 9.61. The van der Waals surface area contributed by atoms with Crippen molar-refractivity contribution in [2.45, 2.75) is 45.9 Å². The van der Waals surface area contributed by atoms with Crippen molar-refractivity contribution in [2.75, 3.05) is 0 Å². The molecule has 6 nitrogen and oxygen atoms in total. The summed E-state index contributed by atoms with van der Waals surface area (Å²) in [5.74, 6) is 0.617. The molecular formula is C21H20ClF3N4O2. The highest BCUT2D eigenvalue weighted by Crippen LogP contribution is 2.24. The third-order valence-electron chi connectivity index (χ3n) is 4.30. The van der Waals surface area contributed by atoms with Gasteiger partial charge in [0.2, 0.25) is 11.8 Å². The molecule has 31 heavy (non-hydrogen) atoms. The largest absolute Gasteiger partial charge is 0.574 e. The zero-order chi connectivity index (χ0) is 22.4. The molecule has 0 unspecified atom stereocenters. The monoisotopic (exact) mass is 452 g/mol. The number of rotatable bonds is 8. The van der Waals surface area contributed by atoms with Crippen LogP contribution in [0.4, 0.5) is 13.2 Å². The molecule has 0 spiro atoms. The molecule has 0 saturated heterocycles. The number of nitrogens with zero attached hydrogens (tertiary/aromatic N) is 4. The number of alkyl halides is 3. The van der Waals surface area contributed by atoms with E-state index < -0.39 is 12.2 Å². The molecule has 2 aromatic heterocycles. The van der Waals surface area contributed by atoms with Crippen LogP contribution in [0.3, 0.4) is 0 Å². The molecule has 1 aromatic carbocycles. The molecule has 3 rings (SSSR count). The minimum absolute atomic E-state index is 0.0581. The summed E-state index contributed by atoms with van der Waals surface area (Å²) >= 11 is 6.39. The number of hydrogen-bond acceptors (Lipinski definition) is 6. The van der Waals surface area contributed by atoms with Crippen LogP contribution in [0.2, 0.25) is 5.02 Å². The number of hydrogen-bond donors (Lipinski definition) is 0. The van der Waals surface area contributed by atoms with Crippen LogP contribution < -0.4 is 9.47 Å². The highest BCUT2D eigenvalue weighted by atomic mass is 35.5. The van der Waals surface area contributed by atoms with Gasteiger partial charge in [-0.2, -0.15) is 0 Å². The van der Waals surface area contributed by atoms with E-state index in [2.05, 4.69) is 24.9 Å². The Bertz CT molecular complexity index is 1010. The molecule has 2 heterocycles. The van der Waals surface area contributed by atoms with Gasteiger partial charge >= 0.3 is 6.36 Å². The SMILES string of the molecule is CCc1nc(C)nc(CCCc2ccc(Oc3ccc(OC(F)(F)F)nn3)cc2)c1Cl. The van der Waals surface area contributed by atoms with Crippen molar-refractivity contribution in [3.63, 3.8) is 0 Å². The Morgan fingerprint density at radius 2 is 1.55 bits per heavy atom. The van der Waals surface area contributed by atoms with E-state index in [0.29, 0.717) is 10.8 Å².